The van der Waals surface area contributed by atoms with Crippen molar-refractivity contribution in [3.05, 3.63) is 33.9 Å². The molecular weight excluding hydrogens is 336 g/mol. The summed E-state index contributed by atoms with van der Waals surface area (Å²) >= 11 is 0. The Labute approximate surface area is 151 Å². The van der Waals surface area contributed by atoms with E-state index in [0.29, 0.717) is 23.0 Å². The molecule has 2 atom stereocenters. The third-order valence-corrected chi connectivity index (χ3v) is 5.73. The quantitative estimate of drug-likeness (QED) is 0.470. The van der Waals surface area contributed by atoms with Gasteiger partial charge in [-0.1, -0.05) is 19.3 Å². The molecule has 7 heteroatoms. The van der Waals surface area contributed by atoms with Crippen LogP contribution in [-0.4, -0.2) is 35.6 Å². The molecule has 2 heterocycles. The molecule has 2 fully saturated rings. The number of benzene rings is 1. The Morgan fingerprint density at radius 1 is 1.15 bits per heavy atom. The molecule has 1 aliphatic carbocycles. The highest BCUT2D eigenvalue weighted by atomic mass is 16.7. The van der Waals surface area contributed by atoms with Crippen LogP contribution in [-0.2, 0) is 4.79 Å². The Kier molecular flexibility index (Phi) is 4.53. The van der Waals surface area contributed by atoms with E-state index < -0.39 is 4.92 Å². The first kappa shape index (κ1) is 16.9. The SMILES string of the molecule is O=C(/C=C/c1cc2c(cc1[N+](=O)[O-])OCO2)N1CC[C@@H]2CCCC[C@@H]2C1. The maximum absolute atomic E-state index is 12.6. The number of nitro groups is 1. The van der Waals surface area contributed by atoms with E-state index in [1.165, 1.54) is 43.9 Å². The fourth-order valence-corrected chi connectivity index (χ4v) is 4.31. The second-order valence-corrected chi connectivity index (χ2v) is 7.23. The molecule has 2 aliphatic heterocycles. The highest BCUT2D eigenvalue weighted by molar-refractivity contribution is 5.92. The van der Waals surface area contributed by atoms with E-state index in [1.54, 1.807) is 6.07 Å². The first-order valence-electron chi connectivity index (χ1n) is 9.17. The number of carbonyl (C=O) groups excluding carboxylic acids is 1. The van der Waals surface area contributed by atoms with E-state index in [-0.39, 0.29) is 18.4 Å². The van der Waals surface area contributed by atoms with Gasteiger partial charge < -0.3 is 14.4 Å². The molecule has 138 valence electrons. The summed E-state index contributed by atoms with van der Waals surface area (Å²) in [7, 11) is 0. The van der Waals surface area contributed by atoms with Crippen molar-refractivity contribution in [1.82, 2.24) is 4.90 Å². The number of hydrogen-bond acceptors (Lipinski definition) is 5. The van der Waals surface area contributed by atoms with Gasteiger partial charge in [0.2, 0.25) is 12.7 Å². The minimum absolute atomic E-state index is 0.0505. The van der Waals surface area contributed by atoms with E-state index in [2.05, 4.69) is 0 Å². The Bertz CT molecular complexity index is 761. The topological polar surface area (TPSA) is 81.9 Å². The Morgan fingerprint density at radius 2 is 1.88 bits per heavy atom. The van der Waals surface area contributed by atoms with Crippen LogP contribution in [0.25, 0.3) is 6.08 Å². The maximum atomic E-state index is 12.6. The fourth-order valence-electron chi connectivity index (χ4n) is 4.31. The Hall–Kier alpha value is -2.57. The average Bonchev–Trinajstić information content (AvgIpc) is 3.12. The van der Waals surface area contributed by atoms with Crippen molar-refractivity contribution in [2.75, 3.05) is 19.9 Å². The highest BCUT2D eigenvalue weighted by Gasteiger charge is 2.32. The molecule has 0 aromatic heterocycles. The first-order chi connectivity index (χ1) is 12.6. The van der Waals surface area contributed by atoms with Gasteiger partial charge in [-0.15, -0.1) is 0 Å². The minimum Gasteiger partial charge on any atom is -0.454 e. The highest BCUT2D eigenvalue weighted by Crippen LogP contribution is 2.39. The number of nitrogens with zero attached hydrogens (tertiary/aromatic N) is 2. The van der Waals surface area contributed by atoms with Gasteiger partial charge in [-0.05, 0) is 36.8 Å². The molecule has 0 spiro atoms. The summed E-state index contributed by atoms with van der Waals surface area (Å²) < 4.78 is 10.5. The average molecular weight is 358 g/mol. The number of hydrogen-bond donors (Lipinski definition) is 0. The molecule has 0 N–H and O–H groups in total. The van der Waals surface area contributed by atoms with Crippen molar-refractivity contribution in [3.63, 3.8) is 0 Å². The van der Waals surface area contributed by atoms with Crippen molar-refractivity contribution < 1.29 is 19.2 Å². The summed E-state index contributed by atoms with van der Waals surface area (Å²) in [5.41, 5.74) is 0.254. The molecule has 0 bridgehead atoms. The molecular formula is C19H22N2O5. The van der Waals surface area contributed by atoms with Crippen LogP contribution in [0.15, 0.2) is 18.2 Å². The second-order valence-electron chi connectivity index (χ2n) is 7.23. The Balaban J connectivity index is 1.49. The number of amides is 1. The first-order valence-corrected chi connectivity index (χ1v) is 9.17. The van der Waals surface area contributed by atoms with Crippen LogP contribution in [0.3, 0.4) is 0 Å². The van der Waals surface area contributed by atoms with Crippen LogP contribution < -0.4 is 9.47 Å². The third-order valence-electron chi connectivity index (χ3n) is 5.73. The molecule has 0 unspecified atom stereocenters. The number of likely N-dealkylation sites (tertiary alicyclic amines) is 1. The van der Waals surface area contributed by atoms with Crippen LogP contribution >= 0.6 is 0 Å². The van der Waals surface area contributed by atoms with E-state index in [4.69, 9.17) is 9.47 Å². The standard InChI is InChI=1S/C19H22N2O5/c22-19(20-8-7-13-3-1-2-4-15(13)11-20)6-5-14-9-17-18(26-12-25-17)10-16(14)21(23)24/h5-6,9-10,13,15H,1-4,7-8,11-12H2/b6-5+/t13-,15+/m0/s1. The van der Waals surface area contributed by atoms with Gasteiger partial charge in [0.05, 0.1) is 16.6 Å². The maximum Gasteiger partial charge on any atom is 0.280 e. The molecule has 0 radical (unpaired) electrons. The van der Waals surface area contributed by atoms with E-state index in [1.807, 2.05) is 4.90 Å². The van der Waals surface area contributed by atoms with E-state index in [9.17, 15) is 14.9 Å². The van der Waals surface area contributed by atoms with Crippen molar-refractivity contribution >= 4 is 17.7 Å². The van der Waals surface area contributed by atoms with Crippen molar-refractivity contribution in [1.29, 1.82) is 0 Å². The van der Waals surface area contributed by atoms with Crippen LogP contribution in [0.2, 0.25) is 0 Å². The summed E-state index contributed by atoms with van der Waals surface area (Å²) in [5, 5.41) is 11.3. The molecule has 4 rings (SSSR count). The van der Waals surface area contributed by atoms with E-state index in [0.717, 1.165) is 25.4 Å². The number of carbonyl (C=O) groups is 1. The molecule has 3 aliphatic rings. The number of ether oxygens (including phenoxy) is 2. The van der Waals surface area contributed by atoms with Crippen molar-refractivity contribution in [2.24, 2.45) is 11.8 Å². The number of nitro benzene ring substituents is 1. The predicted octanol–water partition coefficient (Wildman–Crippen LogP) is 3.38. The molecule has 7 nitrogen and oxygen atoms in total. The van der Waals surface area contributed by atoms with Gasteiger partial charge in [0.25, 0.3) is 5.69 Å². The summed E-state index contributed by atoms with van der Waals surface area (Å²) in [6.07, 6.45) is 9.06. The summed E-state index contributed by atoms with van der Waals surface area (Å²) in [6.45, 7) is 1.62. The zero-order valence-corrected chi connectivity index (χ0v) is 14.6. The van der Waals surface area contributed by atoms with Gasteiger partial charge in [-0.25, -0.2) is 0 Å². The second kappa shape index (κ2) is 6.97. The number of rotatable bonds is 3. The monoisotopic (exact) mass is 358 g/mol. The van der Waals surface area contributed by atoms with Gasteiger partial charge in [0.15, 0.2) is 11.5 Å². The zero-order valence-electron chi connectivity index (χ0n) is 14.6. The van der Waals surface area contributed by atoms with Gasteiger partial charge in [0, 0.05) is 19.2 Å². The smallest absolute Gasteiger partial charge is 0.280 e. The van der Waals surface area contributed by atoms with Crippen LogP contribution in [0, 0.1) is 22.0 Å². The van der Waals surface area contributed by atoms with Gasteiger partial charge in [0.1, 0.15) is 0 Å². The lowest BCUT2D eigenvalue weighted by Gasteiger charge is -2.41. The molecule has 1 amide bonds. The molecule has 1 aromatic carbocycles. The van der Waals surface area contributed by atoms with Gasteiger partial charge in [-0.2, -0.15) is 0 Å². The normalized spacial score (nSPS) is 24.5. The minimum atomic E-state index is -0.473. The van der Waals surface area contributed by atoms with Crippen molar-refractivity contribution in [3.8, 4) is 11.5 Å². The largest absolute Gasteiger partial charge is 0.454 e. The van der Waals surface area contributed by atoms with Crippen molar-refractivity contribution in [2.45, 2.75) is 32.1 Å². The summed E-state index contributed by atoms with van der Waals surface area (Å²) in [5.74, 6) is 2.10. The Morgan fingerprint density at radius 3 is 2.65 bits per heavy atom. The lowest BCUT2D eigenvalue weighted by Crippen LogP contribution is -2.44. The molecule has 1 saturated heterocycles. The zero-order chi connectivity index (χ0) is 18.1. The number of piperidine rings is 1. The summed E-state index contributed by atoms with van der Waals surface area (Å²) in [4.78, 5) is 25.3. The predicted molar refractivity (Wildman–Crippen MR) is 94.9 cm³/mol. The van der Waals surface area contributed by atoms with Crippen LogP contribution in [0.4, 0.5) is 5.69 Å². The molecule has 1 aromatic rings. The molecule has 26 heavy (non-hydrogen) atoms. The number of fused-ring (bicyclic) bond motifs is 2. The third kappa shape index (κ3) is 3.25. The molecule has 1 saturated carbocycles. The lowest BCUT2D eigenvalue weighted by atomic mass is 9.75. The summed E-state index contributed by atoms with van der Waals surface area (Å²) in [6, 6.07) is 2.90. The van der Waals surface area contributed by atoms with Crippen LogP contribution in [0.5, 0.6) is 11.5 Å². The fraction of sp³-hybridized carbons (Fsp3) is 0.526. The van der Waals surface area contributed by atoms with Crippen LogP contribution in [0.1, 0.15) is 37.7 Å². The van der Waals surface area contributed by atoms with Gasteiger partial charge in [-0.3, -0.25) is 14.9 Å². The van der Waals surface area contributed by atoms with Gasteiger partial charge >= 0.3 is 0 Å². The van der Waals surface area contributed by atoms with E-state index >= 15 is 0 Å². The lowest BCUT2D eigenvalue weighted by molar-refractivity contribution is -0.385.